The molecule has 0 radical (unpaired) electrons. The van der Waals surface area contributed by atoms with Gasteiger partial charge in [-0.2, -0.15) is 5.10 Å². The molecular weight excluding hydrogens is 294 g/mol. The lowest BCUT2D eigenvalue weighted by Crippen LogP contribution is -2.14. The van der Waals surface area contributed by atoms with Gasteiger partial charge in [-0.05, 0) is 34.1 Å². The number of halogens is 1. The van der Waals surface area contributed by atoms with Crippen molar-refractivity contribution in [1.29, 1.82) is 0 Å². The Morgan fingerprint density at radius 1 is 1.38 bits per heavy atom. The molecular formula is C9H6BrN3O2S. The van der Waals surface area contributed by atoms with Crippen LogP contribution < -0.4 is 10.9 Å². The predicted octanol–water partition coefficient (Wildman–Crippen LogP) is 1.85. The number of aromatic nitrogens is 2. The van der Waals surface area contributed by atoms with Gasteiger partial charge in [-0.15, -0.1) is 11.3 Å². The summed E-state index contributed by atoms with van der Waals surface area (Å²) in [6.07, 6.45) is 0. The molecule has 2 rings (SSSR count). The summed E-state index contributed by atoms with van der Waals surface area (Å²) in [7, 11) is 0. The first kappa shape index (κ1) is 11.0. The molecule has 2 aromatic rings. The second kappa shape index (κ2) is 4.58. The molecule has 82 valence electrons. The first-order valence-corrected chi connectivity index (χ1v) is 5.88. The molecule has 0 fully saturated rings. The Morgan fingerprint density at radius 3 is 2.75 bits per heavy atom. The van der Waals surface area contributed by atoms with E-state index in [1.165, 1.54) is 23.5 Å². The first-order chi connectivity index (χ1) is 7.65. The van der Waals surface area contributed by atoms with Crippen molar-refractivity contribution in [2.24, 2.45) is 0 Å². The lowest BCUT2D eigenvalue weighted by atomic mass is 10.4. The molecule has 0 atom stereocenters. The molecule has 0 aliphatic heterocycles. The molecule has 2 heterocycles. The summed E-state index contributed by atoms with van der Waals surface area (Å²) in [5.41, 5.74) is -0.308. The van der Waals surface area contributed by atoms with Gasteiger partial charge in [0.2, 0.25) is 0 Å². The van der Waals surface area contributed by atoms with E-state index in [1.807, 2.05) is 0 Å². The molecule has 7 heteroatoms. The monoisotopic (exact) mass is 299 g/mol. The molecule has 5 nitrogen and oxygen atoms in total. The maximum absolute atomic E-state index is 11.7. The van der Waals surface area contributed by atoms with Crippen molar-refractivity contribution < 1.29 is 4.79 Å². The van der Waals surface area contributed by atoms with Gasteiger partial charge in [0.25, 0.3) is 11.5 Å². The van der Waals surface area contributed by atoms with Gasteiger partial charge in [0.05, 0.1) is 8.66 Å². The van der Waals surface area contributed by atoms with E-state index in [0.717, 1.165) is 3.79 Å². The summed E-state index contributed by atoms with van der Waals surface area (Å²) >= 11 is 4.59. The zero-order valence-electron chi connectivity index (χ0n) is 7.86. The molecule has 0 saturated heterocycles. The lowest BCUT2D eigenvalue weighted by Gasteiger charge is -2.00. The normalized spacial score (nSPS) is 10.1. The highest BCUT2D eigenvalue weighted by Gasteiger charge is 2.09. The molecule has 0 spiro atoms. The van der Waals surface area contributed by atoms with Crippen molar-refractivity contribution in [1.82, 2.24) is 10.2 Å². The number of hydrogen-bond acceptors (Lipinski definition) is 4. The number of amides is 1. The summed E-state index contributed by atoms with van der Waals surface area (Å²) in [5.74, 6) is 0.0596. The van der Waals surface area contributed by atoms with Crippen LogP contribution in [0.2, 0.25) is 0 Å². The van der Waals surface area contributed by atoms with E-state index in [4.69, 9.17) is 0 Å². The summed E-state index contributed by atoms with van der Waals surface area (Å²) in [5, 5.41) is 8.48. The van der Waals surface area contributed by atoms with E-state index in [1.54, 1.807) is 12.1 Å². The number of anilines is 1. The zero-order valence-corrected chi connectivity index (χ0v) is 10.3. The number of thiophene rings is 1. The van der Waals surface area contributed by atoms with Crippen molar-refractivity contribution in [3.05, 3.63) is 43.3 Å². The molecule has 0 bridgehead atoms. The molecule has 16 heavy (non-hydrogen) atoms. The van der Waals surface area contributed by atoms with Crippen LogP contribution in [-0.2, 0) is 0 Å². The first-order valence-electron chi connectivity index (χ1n) is 4.27. The molecule has 0 unspecified atom stereocenters. The van der Waals surface area contributed by atoms with Crippen molar-refractivity contribution in [2.45, 2.75) is 0 Å². The summed E-state index contributed by atoms with van der Waals surface area (Å²) in [4.78, 5) is 23.0. The van der Waals surface area contributed by atoms with Crippen LogP contribution in [-0.4, -0.2) is 16.1 Å². The van der Waals surface area contributed by atoms with Gasteiger partial charge in [0, 0.05) is 6.07 Å². The van der Waals surface area contributed by atoms with Gasteiger partial charge >= 0.3 is 0 Å². The van der Waals surface area contributed by atoms with Crippen LogP contribution in [0.3, 0.4) is 0 Å². The summed E-state index contributed by atoms with van der Waals surface area (Å²) in [6, 6.07) is 6.24. The fourth-order valence-corrected chi connectivity index (χ4v) is 2.31. The van der Waals surface area contributed by atoms with Gasteiger partial charge in [-0.25, -0.2) is 5.10 Å². The number of rotatable bonds is 2. The highest BCUT2D eigenvalue weighted by atomic mass is 79.9. The number of carbonyl (C=O) groups excluding carboxylic acids is 1. The Balaban J connectivity index is 2.13. The van der Waals surface area contributed by atoms with Crippen molar-refractivity contribution >= 4 is 39.0 Å². The largest absolute Gasteiger partial charge is 0.304 e. The van der Waals surface area contributed by atoms with Crippen LogP contribution in [0.5, 0.6) is 0 Å². The maximum atomic E-state index is 11.7. The second-order valence-electron chi connectivity index (χ2n) is 2.86. The number of nitrogens with zero attached hydrogens (tertiary/aromatic N) is 1. The van der Waals surface area contributed by atoms with E-state index >= 15 is 0 Å². The zero-order chi connectivity index (χ0) is 11.5. The quantitative estimate of drug-likeness (QED) is 0.888. The lowest BCUT2D eigenvalue weighted by molar-refractivity contribution is 0.103. The average molecular weight is 300 g/mol. The van der Waals surface area contributed by atoms with Gasteiger partial charge in [-0.3, -0.25) is 9.59 Å². The number of carbonyl (C=O) groups is 1. The van der Waals surface area contributed by atoms with Gasteiger partial charge < -0.3 is 5.32 Å². The standard InChI is InChI=1S/C9H6BrN3O2S/c10-6-2-1-5(16-6)9(15)11-7-3-4-8(14)13-12-7/h1-4H,(H,13,14)(H,11,12,15). The Bertz CT molecular complexity index is 558. The van der Waals surface area contributed by atoms with E-state index in [-0.39, 0.29) is 11.5 Å². The molecule has 2 aromatic heterocycles. The minimum Gasteiger partial charge on any atom is -0.304 e. The van der Waals surface area contributed by atoms with E-state index < -0.39 is 0 Å². The maximum Gasteiger partial charge on any atom is 0.266 e. The smallest absolute Gasteiger partial charge is 0.266 e. The molecule has 1 amide bonds. The minimum atomic E-state index is -0.308. The van der Waals surface area contributed by atoms with Crippen LogP contribution in [0.4, 0.5) is 5.82 Å². The fourth-order valence-electron chi connectivity index (χ4n) is 1.03. The third kappa shape index (κ3) is 2.56. The fraction of sp³-hybridized carbons (Fsp3) is 0. The van der Waals surface area contributed by atoms with Crippen LogP contribution in [0, 0.1) is 0 Å². The van der Waals surface area contributed by atoms with Gasteiger partial charge in [-0.1, -0.05) is 0 Å². The van der Waals surface area contributed by atoms with Crippen molar-refractivity contribution in [3.8, 4) is 0 Å². The molecule has 2 N–H and O–H groups in total. The topological polar surface area (TPSA) is 74.8 Å². The third-order valence-corrected chi connectivity index (χ3v) is 3.34. The average Bonchev–Trinajstić information content (AvgIpc) is 2.68. The molecule has 0 aromatic carbocycles. The number of nitrogens with one attached hydrogen (secondary N) is 2. The third-order valence-electron chi connectivity index (χ3n) is 1.72. The summed E-state index contributed by atoms with van der Waals surface area (Å²) < 4.78 is 0.882. The van der Waals surface area contributed by atoms with E-state index in [2.05, 4.69) is 31.4 Å². The molecule has 0 aliphatic carbocycles. The predicted molar refractivity (Wildman–Crippen MR) is 64.8 cm³/mol. The number of hydrogen-bond donors (Lipinski definition) is 2. The number of aromatic amines is 1. The van der Waals surface area contributed by atoms with E-state index in [0.29, 0.717) is 10.7 Å². The Labute approximate surface area is 103 Å². The van der Waals surface area contributed by atoms with Crippen molar-refractivity contribution in [3.63, 3.8) is 0 Å². The Kier molecular flexibility index (Phi) is 3.16. The van der Waals surface area contributed by atoms with Crippen LogP contribution in [0.25, 0.3) is 0 Å². The Morgan fingerprint density at radius 2 is 2.19 bits per heavy atom. The van der Waals surface area contributed by atoms with Crippen LogP contribution in [0.15, 0.2) is 32.8 Å². The summed E-state index contributed by atoms with van der Waals surface area (Å²) in [6.45, 7) is 0. The van der Waals surface area contributed by atoms with Crippen molar-refractivity contribution in [2.75, 3.05) is 5.32 Å². The van der Waals surface area contributed by atoms with Gasteiger partial charge in [0.15, 0.2) is 5.82 Å². The highest BCUT2D eigenvalue weighted by Crippen LogP contribution is 2.22. The highest BCUT2D eigenvalue weighted by molar-refractivity contribution is 9.11. The second-order valence-corrected chi connectivity index (χ2v) is 5.33. The Hall–Kier alpha value is -1.47. The molecule has 0 aliphatic rings. The van der Waals surface area contributed by atoms with Crippen LogP contribution >= 0.6 is 27.3 Å². The number of H-pyrrole nitrogens is 1. The van der Waals surface area contributed by atoms with Gasteiger partial charge in [0.1, 0.15) is 0 Å². The molecule has 0 saturated carbocycles. The SMILES string of the molecule is O=C(Nc1ccc(=O)[nH]n1)c1ccc(Br)s1. The minimum absolute atomic E-state index is 0.254. The van der Waals surface area contributed by atoms with E-state index in [9.17, 15) is 9.59 Å². The van der Waals surface area contributed by atoms with Crippen LogP contribution in [0.1, 0.15) is 9.67 Å².